The summed E-state index contributed by atoms with van der Waals surface area (Å²) in [6.45, 7) is 0.459. The number of hydrogen-bond acceptors (Lipinski definition) is 4. The normalized spacial score (nSPS) is 30.9. The Morgan fingerprint density at radius 1 is 1.38 bits per heavy atom. The number of carbonyl (C=O) groups is 2. The third-order valence-corrected chi connectivity index (χ3v) is 4.36. The van der Waals surface area contributed by atoms with Crippen molar-refractivity contribution >= 4 is 11.9 Å². The third-order valence-electron chi connectivity index (χ3n) is 4.36. The van der Waals surface area contributed by atoms with E-state index in [1.54, 1.807) is 24.5 Å². The van der Waals surface area contributed by atoms with Gasteiger partial charge in [0.15, 0.2) is 0 Å². The molecule has 1 aliphatic carbocycles. The smallest absolute Gasteiger partial charge is 0.306 e. The Morgan fingerprint density at radius 3 is 2.76 bits per heavy atom. The highest BCUT2D eigenvalue weighted by Gasteiger charge is 2.52. The van der Waals surface area contributed by atoms with Crippen LogP contribution in [0.2, 0.25) is 0 Å². The number of hydrogen-bond donors (Lipinski definition) is 2. The monoisotopic (exact) mass is 290 g/mol. The van der Waals surface area contributed by atoms with Gasteiger partial charge in [-0.05, 0) is 37.8 Å². The van der Waals surface area contributed by atoms with Crippen LogP contribution in [0, 0.1) is 5.92 Å². The topological polar surface area (TPSA) is 88.5 Å². The fourth-order valence-electron chi connectivity index (χ4n) is 3.16. The maximum Gasteiger partial charge on any atom is 0.306 e. The molecule has 1 spiro atoms. The summed E-state index contributed by atoms with van der Waals surface area (Å²) in [5.74, 6) is -1.15. The van der Waals surface area contributed by atoms with Crippen LogP contribution in [0.5, 0.6) is 0 Å². The summed E-state index contributed by atoms with van der Waals surface area (Å²) in [6.07, 6.45) is 6.07. The highest BCUT2D eigenvalue weighted by Crippen LogP contribution is 2.49. The number of amides is 1. The van der Waals surface area contributed by atoms with E-state index >= 15 is 0 Å². The number of rotatable bonds is 4. The van der Waals surface area contributed by atoms with E-state index in [-0.39, 0.29) is 23.5 Å². The summed E-state index contributed by atoms with van der Waals surface area (Å²) < 4.78 is 5.96. The molecular weight excluding hydrogens is 272 g/mol. The Kier molecular flexibility index (Phi) is 3.63. The van der Waals surface area contributed by atoms with Gasteiger partial charge in [-0.25, -0.2) is 0 Å². The predicted molar refractivity (Wildman–Crippen MR) is 73.8 cm³/mol. The molecule has 1 aliphatic heterocycles. The molecule has 0 bridgehead atoms. The number of carbonyl (C=O) groups excluding carboxylic acids is 1. The molecule has 2 fully saturated rings. The molecule has 6 heteroatoms. The van der Waals surface area contributed by atoms with Crippen LogP contribution in [-0.2, 0) is 9.53 Å². The van der Waals surface area contributed by atoms with Crippen LogP contribution in [0.3, 0.4) is 0 Å². The molecule has 6 nitrogen and oxygen atoms in total. The Labute approximate surface area is 122 Å². The SMILES string of the molecule is O=C(NCC1CCC2(CC(C(=O)O)C2)O1)c1ccncc1. The minimum absolute atomic E-state index is 0.0227. The van der Waals surface area contributed by atoms with E-state index in [4.69, 9.17) is 9.84 Å². The zero-order valence-electron chi connectivity index (χ0n) is 11.6. The molecule has 3 rings (SSSR count). The molecule has 1 saturated heterocycles. The molecule has 1 saturated carbocycles. The maximum atomic E-state index is 11.9. The van der Waals surface area contributed by atoms with E-state index in [0.29, 0.717) is 24.9 Å². The zero-order chi connectivity index (χ0) is 14.9. The number of nitrogens with zero attached hydrogens (tertiary/aromatic N) is 1. The molecule has 0 aromatic carbocycles. The molecule has 1 amide bonds. The van der Waals surface area contributed by atoms with Crippen molar-refractivity contribution in [1.29, 1.82) is 0 Å². The molecule has 2 heterocycles. The highest BCUT2D eigenvalue weighted by molar-refractivity contribution is 5.93. The fraction of sp³-hybridized carbons (Fsp3) is 0.533. The Hall–Kier alpha value is -1.95. The van der Waals surface area contributed by atoms with Gasteiger partial charge in [-0.15, -0.1) is 0 Å². The first-order valence-electron chi connectivity index (χ1n) is 7.17. The van der Waals surface area contributed by atoms with E-state index in [1.165, 1.54) is 0 Å². The van der Waals surface area contributed by atoms with Gasteiger partial charge in [0.2, 0.25) is 0 Å². The van der Waals surface area contributed by atoms with Crippen LogP contribution in [0.25, 0.3) is 0 Å². The second-order valence-electron chi connectivity index (χ2n) is 5.85. The average Bonchev–Trinajstić information content (AvgIpc) is 2.88. The van der Waals surface area contributed by atoms with Gasteiger partial charge in [0.25, 0.3) is 5.91 Å². The summed E-state index contributed by atoms with van der Waals surface area (Å²) in [6, 6.07) is 3.32. The van der Waals surface area contributed by atoms with Gasteiger partial charge in [0.05, 0.1) is 17.6 Å². The summed E-state index contributed by atoms with van der Waals surface area (Å²) in [7, 11) is 0. The van der Waals surface area contributed by atoms with Crippen LogP contribution in [0.4, 0.5) is 0 Å². The number of nitrogens with one attached hydrogen (secondary N) is 1. The van der Waals surface area contributed by atoms with Crippen LogP contribution in [0.1, 0.15) is 36.0 Å². The lowest BCUT2D eigenvalue weighted by Crippen LogP contribution is -2.47. The quantitative estimate of drug-likeness (QED) is 0.870. The molecule has 0 radical (unpaired) electrons. The Balaban J connectivity index is 1.46. The molecule has 2 N–H and O–H groups in total. The van der Waals surface area contributed by atoms with Gasteiger partial charge >= 0.3 is 5.97 Å². The third kappa shape index (κ3) is 2.90. The lowest BCUT2D eigenvalue weighted by molar-refractivity contribution is -0.164. The molecule has 112 valence electrons. The molecule has 1 atom stereocenters. The van der Waals surface area contributed by atoms with Crippen molar-refractivity contribution in [2.45, 2.75) is 37.4 Å². The van der Waals surface area contributed by atoms with Gasteiger partial charge in [0.1, 0.15) is 0 Å². The van der Waals surface area contributed by atoms with E-state index in [9.17, 15) is 9.59 Å². The van der Waals surface area contributed by atoms with Crippen LogP contribution < -0.4 is 5.32 Å². The molecule has 1 unspecified atom stereocenters. The van der Waals surface area contributed by atoms with Gasteiger partial charge in [-0.1, -0.05) is 0 Å². The average molecular weight is 290 g/mol. The first-order valence-corrected chi connectivity index (χ1v) is 7.17. The minimum Gasteiger partial charge on any atom is -0.481 e. The van der Waals surface area contributed by atoms with Crippen molar-refractivity contribution < 1.29 is 19.4 Å². The van der Waals surface area contributed by atoms with Crippen molar-refractivity contribution in [2.24, 2.45) is 5.92 Å². The molecule has 1 aromatic rings. The lowest BCUT2D eigenvalue weighted by atomic mass is 9.69. The lowest BCUT2D eigenvalue weighted by Gasteiger charge is -2.42. The number of ether oxygens (including phenoxy) is 1. The predicted octanol–water partition coefficient (Wildman–Crippen LogP) is 1.22. The van der Waals surface area contributed by atoms with Crippen LogP contribution in [0.15, 0.2) is 24.5 Å². The largest absolute Gasteiger partial charge is 0.481 e. The van der Waals surface area contributed by atoms with E-state index in [0.717, 1.165) is 12.8 Å². The maximum absolute atomic E-state index is 11.9. The number of aliphatic carboxylic acids is 1. The minimum atomic E-state index is -0.737. The second-order valence-corrected chi connectivity index (χ2v) is 5.85. The number of carboxylic acid groups (broad SMARTS) is 1. The van der Waals surface area contributed by atoms with E-state index in [1.807, 2.05) is 0 Å². The van der Waals surface area contributed by atoms with Crippen LogP contribution in [-0.4, -0.2) is 40.2 Å². The Bertz CT molecular complexity index is 540. The molecule has 2 aliphatic rings. The molecule has 21 heavy (non-hydrogen) atoms. The van der Waals surface area contributed by atoms with Crippen molar-refractivity contribution in [3.8, 4) is 0 Å². The molecular formula is C15H18N2O4. The van der Waals surface area contributed by atoms with Crippen molar-refractivity contribution in [3.63, 3.8) is 0 Å². The first-order chi connectivity index (χ1) is 10.1. The second kappa shape index (κ2) is 5.44. The highest BCUT2D eigenvalue weighted by atomic mass is 16.5. The van der Waals surface area contributed by atoms with Gasteiger partial charge < -0.3 is 15.2 Å². The summed E-state index contributed by atoms with van der Waals surface area (Å²) in [5.41, 5.74) is 0.321. The number of aromatic nitrogens is 1. The van der Waals surface area contributed by atoms with Crippen molar-refractivity contribution in [2.75, 3.05) is 6.54 Å². The van der Waals surface area contributed by atoms with Gasteiger partial charge in [-0.3, -0.25) is 14.6 Å². The standard InChI is InChI=1S/C15H18N2O4/c18-13(10-2-5-16-6-3-10)17-9-12-1-4-15(21-12)7-11(8-15)14(19)20/h2-3,5-6,11-12H,1,4,7-9H2,(H,17,18)(H,19,20). The summed E-state index contributed by atoms with van der Waals surface area (Å²) in [4.78, 5) is 26.6. The Morgan fingerprint density at radius 2 is 2.10 bits per heavy atom. The van der Waals surface area contributed by atoms with Crippen molar-refractivity contribution in [1.82, 2.24) is 10.3 Å². The summed E-state index contributed by atoms with van der Waals surface area (Å²) >= 11 is 0. The first kappa shape index (κ1) is 14.0. The van der Waals surface area contributed by atoms with E-state index in [2.05, 4.69) is 10.3 Å². The van der Waals surface area contributed by atoms with Gasteiger partial charge in [0, 0.05) is 24.5 Å². The van der Waals surface area contributed by atoms with Crippen LogP contribution >= 0.6 is 0 Å². The fourth-order valence-corrected chi connectivity index (χ4v) is 3.16. The number of carboxylic acids is 1. The molecule has 1 aromatic heterocycles. The van der Waals surface area contributed by atoms with Gasteiger partial charge in [-0.2, -0.15) is 0 Å². The number of pyridine rings is 1. The van der Waals surface area contributed by atoms with E-state index < -0.39 is 5.97 Å². The zero-order valence-corrected chi connectivity index (χ0v) is 11.6. The van der Waals surface area contributed by atoms with Crippen molar-refractivity contribution in [3.05, 3.63) is 30.1 Å². The summed E-state index contributed by atoms with van der Waals surface area (Å²) in [5, 5.41) is 11.8.